The van der Waals surface area contributed by atoms with Gasteiger partial charge in [0.1, 0.15) is 0 Å². The topological polar surface area (TPSA) is 62.9 Å². The Morgan fingerprint density at radius 3 is 2.83 bits per heavy atom. The van der Waals surface area contributed by atoms with Crippen molar-refractivity contribution in [2.24, 2.45) is 10.8 Å². The van der Waals surface area contributed by atoms with Gasteiger partial charge in [-0.1, -0.05) is 29.8 Å². The molecule has 1 aromatic rings. The Kier molecular flexibility index (Phi) is 6.49. The van der Waals surface area contributed by atoms with Crippen molar-refractivity contribution in [2.45, 2.75) is 6.54 Å². The number of aliphatic imine (C=N–C) groups is 1. The van der Waals surface area contributed by atoms with Gasteiger partial charge in [0.2, 0.25) is 5.96 Å². The van der Waals surface area contributed by atoms with Gasteiger partial charge < -0.3 is 9.64 Å². The minimum absolute atomic E-state index is 0.558. The van der Waals surface area contributed by atoms with Crippen LogP contribution < -0.4 is 11.3 Å². The first kappa shape index (κ1) is 14.8. The van der Waals surface area contributed by atoms with E-state index in [1.54, 1.807) is 7.11 Å². The average molecular weight is 271 g/mol. The largest absolute Gasteiger partial charge is 0.383 e. The monoisotopic (exact) mass is 270 g/mol. The summed E-state index contributed by atoms with van der Waals surface area (Å²) in [5.74, 6) is 6.06. The fourth-order valence-electron chi connectivity index (χ4n) is 1.48. The Balaban J connectivity index is 2.65. The van der Waals surface area contributed by atoms with Crippen LogP contribution in [0.1, 0.15) is 5.56 Å². The smallest absolute Gasteiger partial charge is 0.208 e. The van der Waals surface area contributed by atoms with Crippen LogP contribution in [0.3, 0.4) is 0 Å². The number of nitrogens with one attached hydrogen (secondary N) is 1. The molecule has 0 aliphatic rings. The van der Waals surface area contributed by atoms with Gasteiger partial charge >= 0.3 is 0 Å². The Bertz CT molecular complexity index is 397. The van der Waals surface area contributed by atoms with E-state index in [9.17, 15) is 0 Å². The number of methoxy groups -OCH3 is 1. The first-order chi connectivity index (χ1) is 8.69. The van der Waals surface area contributed by atoms with Crippen molar-refractivity contribution < 1.29 is 4.74 Å². The van der Waals surface area contributed by atoms with E-state index < -0.39 is 0 Å². The summed E-state index contributed by atoms with van der Waals surface area (Å²) in [6, 6.07) is 7.69. The standard InChI is InChI=1S/C12H19ClN4O/c1-17(12(16-14)15-7-8-18-2)9-10-5-3-4-6-11(10)13/h3-6H,7-9,14H2,1-2H3,(H,15,16). The zero-order chi connectivity index (χ0) is 13.4. The van der Waals surface area contributed by atoms with E-state index in [1.165, 1.54) is 0 Å². The highest BCUT2D eigenvalue weighted by Gasteiger charge is 2.07. The summed E-state index contributed by atoms with van der Waals surface area (Å²) in [7, 11) is 3.54. The summed E-state index contributed by atoms with van der Waals surface area (Å²) in [5.41, 5.74) is 3.60. The number of ether oxygens (including phenoxy) is 1. The number of hydrazine groups is 1. The number of halogens is 1. The van der Waals surface area contributed by atoms with Crippen LogP contribution in [0.5, 0.6) is 0 Å². The van der Waals surface area contributed by atoms with E-state index in [0.717, 1.165) is 10.6 Å². The molecule has 0 heterocycles. The van der Waals surface area contributed by atoms with E-state index in [4.69, 9.17) is 22.2 Å². The summed E-state index contributed by atoms with van der Waals surface area (Å²) < 4.78 is 4.94. The van der Waals surface area contributed by atoms with Crippen molar-refractivity contribution in [1.29, 1.82) is 0 Å². The van der Waals surface area contributed by atoms with Gasteiger partial charge in [-0.2, -0.15) is 0 Å². The first-order valence-corrected chi connectivity index (χ1v) is 6.01. The molecule has 0 unspecified atom stereocenters. The number of hydrogen-bond donors (Lipinski definition) is 2. The maximum atomic E-state index is 6.10. The second-order valence-corrected chi connectivity index (χ2v) is 4.20. The van der Waals surface area contributed by atoms with E-state index in [2.05, 4.69) is 10.4 Å². The first-order valence-electron chi connectivity index (χ1n) is 5.63. The molecule has 0 atom stereocenters. The van der Waals surface area contributed by atoms with Crippen LogP contribution in [0, 0.1) is 0 Å². The van der Waals surface area contributed by atoms with Gasteiger partial charge in [0.15, 0.2) is 0 Å². The Morgan fingerprint density at radius 1 is 1.50 bits per heavy atom. The fraction of sp³-hybridized carbons (Fsp3) is 0.417. The molecule has 6 heteroatoms. The second kappa shape index (κ2) is 7.92. The van der Waals surface area contributed by atoms with E-state index in [-0.39, 0.29) is 0 Å². The van der Waals surface area contributed by atoms with Crippen molar-refractivity contribution in [1.82, 2.24) is 10.3 Å². The summed E-state index contributed by atoms with van der Waals surface area (Å²) in [5, 5.41) is 0.734. The molecule has 0 bridgehead atoms. The molecule has 0 amide bonds. The van der Waals surface area contributed by atoms with Crippen molar-refractivity contribution in [3.8, 4) is 0 Å². The van der Waals surface area contributed by atoms with Crippen molar-refractivity contribution >= 4 is 17.6 Å². The number of nitrogens with two attached hydrogens (primary N) is 1. The number of hydrogen-bond acceptors (Lipinski definition) is 3. The zero-order valence-corrected chi connectivity index (χ0v) is 11.4. The number of benzene rings is 1. The van der Waals surface area contributed by atoms with Crippen LogP contribution in [0.25, 0.3) is 0 Å². The number of guanidine groups is 1. The minimum atomic E-state index is 0.558. The van der Waals surface area contributed by atoms with Crippen LogP contribution in [-0.4, -0.2) is 38.2 Å². The Morgan fingerprint density at radius 2 is 2.22 bits per heavy atom. The zero-order valence-electron chi connectivity index (χ0n) is 10.7. The second-order valence-electron chi connectivity index (χ2n) is 3.79. The van der Waals surface area contributed by atoms with Crippen molar-refractivity contribution in [2.75, 3.05) is 27.3 Å². The third-order valence-corrected chi connectivity index (χ3v) is 2.78. The van der Waals surface area contributed by atoms with Gasteiger partial charge in [-0.05, 0) is 11.6 Å². The quantitative estimate of drug-likeness (QED) is 0.278. The summed E-state index contributed by atoms with van der Waals surface area (Å²) in [6.45, 7) is 1.75. The average Bonchev–Trinajstić information content (AvgIpc) is 2.37. The number of rotatable bonds is 5. The molecule has 0 saturated carbocycles. The molecular formula is C12H19ClN4O. The van der Waals surface area contributed by atoms with Crippen LogP contribution in [0.4, 0.5) is 0 Å². The molecule has 100 valence electrons. The van der Waals surface area contributed by atoms with E-state index in [1.807, 2.05) is 36.2 Å². The van der Waals surface area contributed by atoms with E-state index in [0.29, 0.717) is 25.7 Å². The minimum Gasteiger partial charge on any atom is -0.383 e. The number of nitrogens with zero attached hydrogens (tertiary/aromatic N) is 2. The third kappa shape index (κ3) is 4.52. The molecule has 3 N–H and O–H groups in total. The molecule has 0 spiro atoms. The maximum absolute atomic E-state index is 6.10. The molecule has 0 fully saturated rings. The summed E-state index contributed by atoms with van der Waals surface area (Å²) in [4.78, 5) is 6.20. The van der Waals surface area contributed by atoms with Crippen LogP contribution in [-0.2, 0) is 11.3 Å². The molecule has 0 aliphatic carbocycles. The van der Waals surface area contributed by atoms with Crippen LogP contribution in [0.15, 0.2) is 29.3 Å². The van der Waals surface area contributed by atoms with Crippen LogP contribution >= 0.6 is 11.6 Å². The molecule has 5 nitrogen and oxygen atoms in total. The molecule has 0 saturated heterocycles. The van der Waals surface area contributed by atoms with Gasteiger partial charge in [0.25, 0.3) is 0 Å². The Labute approximate surface area is 113 Å². The lowest BCUT2D eigenvalue weighted by Crippen LogP contribution is -2.42. The van der Waals surface area contributed by atoms with Crippen LogP contribution in [0.2, 0.25) is 5.02 Å². The highest BCUT2D eigenvalue weighted by atomic mass is 35.5. The van der Waals surface area contributed by atoms with Gasteiger partial charge in [0, 0.05) is 25.7 Å². The molecule has 0 aliphatic heterocycles. The van der Waals surface area contributed by atoms with Gasteiger partial charge in [-0.3, -0.25) is 5.43 Å². The third-order valence-electron chi connectivity index (χ3n) is 2.41. The lowest BCUT2D eigenvalue weighted by Gasteiger charge is -2.21. The molecule has 1 rings (SSSR count). The SMILES string of the molecule is COCCN=C(NN)N(C)Cc1ccccc1Cl. The summed E-state index contributed by atoms with van der Waals surface area (Å²) in [6.07, 6.45) is 0. The normalized spacial score (nSPS) is 11.4. The lowest BCUT2D eigenvalue weighted by molar-refractivity contribution is 0.207. The predicted octanol–water partition coefficient (Wildman–Crippen LogP) is 1.24. The highest BCUT2D eigenvalue weighted by Crippen LogP contribution is 2.16. The van der Waals surface area contributed by atoms with Gasteiger partial charge in [0.05, 0.1) is 13.2 Å². The predicted molar refractivity (Wildman–Crippen MR) is 74.4 cm³/mol. The van der Waals surface area contributed by atoms with Gasteiger partial charge in [-0.25, -0.2) is 10.8 Å². The Hall–Kier alpha value is -1.30. The summed E-state index contributed by atoms with van der Waals surface area (Å²) >= 11 is 6.10. The lowest BCUT2D eigenvalue weighted by atomic mass is 10.2. The van der Waals surface area contributed by atoms with Crippen molar-refractivity contribution in [3.63, 3.8) is 0 Å². The van der Waals surface area contributed by atoms with E-state index >= 15 is 0 Å². The fourth-order valence-corrected chi connectivity index (χ4v) is 1.67. The van der Waals surface area contributed by atoms with Crippen molar-refractivity contribution in [3.05, 3.63) is 34.9 Å². The van der Waals surface area contributed by atoms with Gasteiger partial charge in [-0.15, -0.1) is 0 Å². The molecule has 0 aromatic heterocycles. The molecule has 1 aromatic carbocycles. The highest BCUT2D eigenvalue weighted by molar-refractivity contribution is 6.31. The maximum Gasteiger partial charge on any atom is 0.208 e. The molecule has 0 radical (unpaired) electrons. The molecule has 18 heavy (non-hydrogen) atoms. The molecular weight excluding hydrogens is 252 g/mol.